The van der Waals surface area contributed by atoms with Gasteiger partial charge in [-0.05, 0) is 42.5 Å². The van der Waals surface area contributed by atoms with Crippen molar-refractivity contribution in [3.8, 4) is 0 Å². The van der Waals surface area contributed by atoms with Crippen LogP contribution in [-0.4, -0.2) is 42.1 Å². The second-order valence-electron chi connectivity index (χ2n) is 7.78. The van der Waals surface area contributed by atoms with Crippen LogP contribution in [0.4, 0.5) is 0 Å². The number of amides is 1. The highest BCUT2D eigenvalue weighted by molar-refractivity contribution is 7.89. The summed E-state index contributed by atoms with van der Waals surface area (Å²) in [5, 5.41) is 0. The van der Waals surface area contributed by atoms with Gasteiger partial charge in [0.2, 0.25) is 5.91 Å². The summed E-state index contributed by atoms with van der Waals surface area (Å²) in [6.45, 7) is 0.0700. The molecule has 0 saturated heterocycles. The Morgan fingerprint density at radius 2 is 1.90 bits per heavy atom. The molecule has 0 spiro atoms. The predicted molar refractivity (Wildman–Crippen MR) is 113 cm³/mol. The highest BCUT2D eigenvalue weighted by Gasteiger charge is 2.27. The smallest absolute Gasteiger partial charge is 0.242 e. The Balaban J connectivity index is 1.65. The lowest BCUT2D eigenvalue weighted by atomic mass is 9.87. The lowest BCUT2D eigenvalue weighted by Crippen LogP contribution is -2.36. The van der Waals surface area contributed by atoms with Crippen LogP contribution in [0.25, 0.3) is 11.0 Å². The van der Waals surface area contributed by atoms with Gasteiger partial charge in [-0.3, -0.25) is 4.79 Å². The molecular weight excluding hydrogens is 386 g/mol. The first-order valence-electron chi connectivity index (χ1n) is 9.79. The van der Waals surface area contributed by atoms with Crippen LogP contribution in [0.5, 0.6) is 0 Å². The van der Waals surface area contributed by atoms with Crippen LogP contribution in [0.2, 0.25) is 0 Å². The van der Waals surface area contributed by atoms with Gasteiger partial charge in [-0.1, -0.05) is 36.4 Å². The Labute approximate surface area is 171 Å². The van der Waals surface area contributed by atoms with E-state index in [0.29, 0.717) is 11.3 Å². The van der Waals surface area contributed by atoms with Gasteiger partial charge in [0.15, 0.2) is 9.84 Å². The first kappa shape index (κ1) is 19.6. The molecule has 0 unspecified atom stereocenters. The SMILES string of the molecule is CN(C(=O)Cn1c(CS(C)(=O)=O)nc2ccccc21)[C@H]1CCCc2ccccc21. The van der Waals surface area contributed by atoms with Gasteiger partial charge in [-0.25, -0.2) is 13.4 Å². The number of para-hydroxylation sites is 2. The molecule has 1 atom stereocenters. The summed E-state index contributed by atoms with van der Waals surface area (Å²) < 4.78 is 25.5. The van der Waals surface area contributed by atoms with Crippen LogP contribution >= 0.6 is 0 Å². The fourth-order valence-corrected chi connectivity index (χ4v) is 4.89. The number of hydrogen-bond donors (Lipinski definition) is 0. The van der Waals surface area contributed by atoms with E-state index in [9.17, 15) is 13.2 Å². The molecule has 1 heterocycles. The van der Waals surface area contributed by atoms with E-state index in [0.717, 1.165) is 24.8 Å². The summed E-state index contributed by atoms with van der Waals surface area (Å²) in [6, 6.07) is 15.8. The maximum Gasteiger partial charge on any atom is 0.242 e. The number of fused-ring (bicyclic) bond motifs is 2. The monoisotopic (exact) mass is 411 g/mol. The second-order valence-corrected chi connectivity index (χ2v) is 9.92. The number of carbonyl (C=O) groups is 1. The van der Waals surface area contributed by atoms with E-state index in [1.54, 1.807) is 9.47 Å². The Morgan fingerprint density at radius 1 is 1.17 bits per heavy atom. The topological polar surface area (TPSA) is 72.3 Å². The Bertz CT molecular complexity index is 1170. The van der Waals surface area contributed by atoms with Gasteiger partial charge < -0.3 is 9.47 Å². The van der Waals surface area contributed by atoms with Crippen molar-refractivity contribution in [2.45, 2.75) is 37.6 Å². The lowest BCUT2D eigenvalue weighted by molar-refractivity contribution is -0.133. The number of nitrogens with zero attached hydrogens (tertiary/aromatic N) is 3. The highest BCUT2D eigenvalue weighted by Crippen LogP contribution is 2.33. The number of likely N-dealkylation sites (N-methyl/N-ethyl adjacent to an activating group) is 1. The first-order valence-corrected chi connectivity index (χ1v) is 11.8. The molecule has 0 radical (unpaired) electrons. The molecule has 152 valence electrons. The Kier molecular flexibility index (Phi) is 5.17. The summed E-state index contributed by atoms with van der Waals surface area (Å²) in [7, 11) is -1.43. The predicted octanol–water partition coefficient (Wildman–Crippen LogP) is 3.12. The Hall–Kier alpha value is -2.67. The average molecular weight is 412 g/mol. The van der Waals surface area contributed by atoms with E-state index >= 15 is 0 Å². The van der Waals surface area contributed by atoms with Crippen LogP contribution in [0.15, 0.2) is 48.5 Å². The number of imidazole rings is 1. The second kappa shape index (κ2) is 7.63. The fourth-order valence-electron chi connectivity index (χ4n) is 4.20. The van der Waals surface area contributed by atoms with Gasteiger partial charge in [0.25, 0.3) is 0 Å². The van der Waals surface area contributed by atoms with Gasteiger partial charge in [0.05, 0.1) is 17.1 Å². The number of aryl methyl sites for hydroxylation is 1. The minimum absolute atomic E-state index is 0.0422. The third kappa shape index (κ3) is 4.05. The third-order valence-corrected chi connectivity index (χ3v) is 6.40. The van der Waals surface area contributed by atoms with E-state index in [1.807, 2.05) is 43.4 Å². The summed E-state index contributed by atoms with van der Waals surface area (Å²) in [4.78, 5) is 19.5. The molecule has 4 rings (SSSR count). The van der Waals surface area contributed by atoms with E-state index in [-0.39, 0.29) is 24.2 Å². The summed E-state index contributed by atoms with van der Waals surface area (Å²) in [6.07, 6.45) is 4.20. The van der Waals surface area contributed by atoms with Crippen LogP contribution < -0.4 is 0 Å². The molecule has 0 bridgehead atoms. The molecule has 6 nitrogen and oxygen atoms in total. The zero-order chi connectivity index (χ0) is 20.6. The molecular formula is C22H25N3O3S. The van der Waals surface area contributed by atoms with E-state index in [1.165, 1.54) is 17.4 Å². The maximum absolute atomic E-state index is 13.2. The molecule has 1 amide bonds. The van der Waals surface area contributed by atoms with Gasteiger partial charge >= 0.3 is 0 Å². The number of aromatic nitrogens is 2. The van der Waals surface area contributed by atoms with Gasteiger partial charge in [0, 0.05) is 13.3 Å². The lowest BCUT2D eigenvalue weighted by Gasteiger charge is -2.33. The van der Waals surface area contributed by atoms with Crippen molar-refractivity contribution >= 4 is 26.8 Å². The molecule has 3 aromatic rings. The molecule has 29 heavy (non-hydrogen) atoms. The molecule has 1 aliphatic carbocycles. The van der Waals surface area contributed by atoms with E-state index in [4.69, 9.17) is 0 Å². The zero-order valence-corrected chi connectivity index (χ0v) is 17.5. The molecule has 2 aromatic carbocycles. The van der Waals surface area contributed by atoms with Gasteiger partial charge in [-0.2, -0.15) is 0 Å². The molecule has 0 fully saturated rings. The first-order chi connectivity index (χ1) is 13.8. The van der Waals surface area contributed by atoms with E-state index in [2.05, 4.69) is 17.1 Å². The molecule has 1 aliphatic rings. The van der Waals surface area contributed by atoms with Crippen molar-refractivity contribution < 1.29 is 13.2 Å². The van der Waals surface area contributed by atoms with Crippen molar-refractivity contribution in [3.63, 3.8) is 0 Å². The van der Waals surface area contributed by atoms with Crippen LogP contribution in [0, 0.1) is 0 Å². The summed E-state index contributed by atoms with van der Waals surface area (Å²) in [5.41, 5.74) is 3.98. The summed E-state index contributed by atoms with van der Waals surface area (Å²) in [5.74, 6) is 0.161. The van der Waals surface area contributed by atoms with Crippen LogP contribution in [-0.2, 0) is 33.4 Å². The van der Waals surface area contributed by atoms with Gasteiger partial charge in [0.1, 0.15) is 18.1 Å². The van der Waals surface area contributed by atoms with Crippen molar-refractivity contribution in [2.75, 3.05) is 13.3 Å². The number of benzene rings is 2. The van der Waals surface area contributed by atoms with E-state index < -0.39 is 9.84 Å². The number of hydrogen-bond acceptors (Lipinski definition) is 4. The van der Waals surface area contributed by atoms with Crippen molar-refractivity contribution in [2.24, 2.45) is 0 Å². The van der Waals surface area contributed by atoms with Crippen molar-refractivity contribution in [1.82, 2.24) is 14.5 Å². The molecule has 7 heteroatoms. The minimum atomic E-state index is -3.27. The maximum atomic E-state index is 13.2. The molecule has 0 aliphatic heterocycles. The molecule has 0 saturated carbocycles. The number of rotatable bonds is 5. The number of sulfone groups is 1. The Morgan fingerprint density at radius 3 is 2.69 bits per heavy atom. The highest BCUT2D eigenvalue weighted by atomic mass is 32.2. The average Bonchev–Trinajstić information content (AvgIpc) is 3.02. The van der Waals surface area contributed by atoms with Crippen molar-refractivity contribution in [3.05, 3.63) is 65.5 Å². The number of carbonyl (C=O) groups excluding carboxylic acids is 1. The van der Waals surface area contributed by atoms with Crippen molar-refractivity contribution in [1.29, 1.82) is 0 Å². The molecule has 1 aromatic heterocycles. The minimum Gasteiger partial charge on any atom is -0.337 e. The summed E-state index contributed by atoms with van der Waals surface area (Å²) >= 11 is 0. The quantitative estimate of drug-likeness (QED) is 0.647. The van der Waals surface area contributed by atoms with Gasteiger partial charge in [-0.15, -0.1) is 0 Å². The zero-order valence-electron chi connectivity index (χ0n) is 16.7. The largest absolute Gasteiger partial charge is 0.337 e. The molecule has 0 N–H and O–H groups in total. The fraction of sp³-hybridized carbons (Fsp3) is 0.364. The third-order valence-electron chi connectivity index (χ3n) is 5.62. The van der Waals surface area contributed by atoms with Crippen LogP contribution in [0.1, 0.15) is 35.8 Å². The van der Waals surface area contributed by atoms with Crippen LogP contribution in [0.3, 0.4) is 0 Å². The standard InChI is InChI=1S/C22H25N3O3S/c1-24(19-13-7-9-16-8-3-4-10-17(16)19)22(26)14-25-20-12-6-5-11-18(20)23-21(25)15-29(2,27)28/h3-6,8,10-12,19H,7,9,13-15H2,1-2H3/t19-/m0/s1. The normalized spacial score (nSPS) is 16.6.